The Labute approximate surface area is 102 Å². The zero-order chi connectivity index (χ0) is 12.3. The molecule has 0 aliphatic rings. The predicted molar refractivity (Wildman–Crippen MR) is 69.7 cm³/mol. The summed E-state index contributed by atoms with van der Waals surface area (Å²) < 4.78 is 2.29. The minimum Gasteiger partial charge on any atom is -0.330 e. The fraction of sp³-hybridized carbons (Fsp3) is 0.538. The zero-order valence-corrected chi connectivity index (χ0v) is 10.6. The first-order chi connectivity index (χ1) is 8.26. The second-order valence-electron chi connectivity index (χ2n) is 4.59. The lowest BCUT2D eigenvalue weighted by atomic mass is 10.1. The van der Waals surface area contributed by atoms with Gasteiger partial charge in [-0.25, -0.2) is 4.98 Å². The molecule has 1 unspecified atom stereocenters. The van der Waals surface area contributed by atoms with Crippen LogP contribution in [-0.4, -0.2) is 21.1 Å². The predicted octanol–water partition coefficient (Wildman–Crippen LogP) is 1.98. The number of nitrogens with zero attached hydrogens (tertiary/aromatic N) is 3. The lowest BCUT2D eigenvalue weighted by molar-refractivity contribution is 0.544. The molecule has 1 atom stereocenters. The summed E-state index contributed by atoms with van der Waals surface area (Å²) in [5.74, 6) is 1.60. The van der Waals surface area contributed by atoms with E-state index in [0.29, 0.717) is 12.5 Å². The quantitative estimate of drug-likeness (QED) is 0.857. The summed E-state index contributed by atoms with van der Waals surface area (Å²) in [4.78, 5) is 8.79. The first kappa shape index (κ1) is 12.0. The van der Waals surface area contributed by atoms with Crippen molar-refractivity contribution in [3.63, 3.8) is 0 Å². The first-order valence-corrected chi connectivity index (χ1v) is 6.25. The summed E-state index contributed by atoms with van der Waals surface area (Å²) >= 11 is 0. The highest BCUT2D eigenvalue weighted by Crippen LogP contribution is 2.17. The number of rotatable bonds is 5. The minimum absolute atomic E-state index is 0.468. The molecule has 0 bridgehead atoms. The molecule has 0 aliphatic heterocycles. The monoisotopic (exact) mass is 232 g/mol. The average molecular weight is 232 g/mol. The van der Waals surface area contributed by atoms with E-state index in [0.717, 1.165) is 30.7 Å². The topological polar surface area (TPSA) is 56.7 Å². The summed E-state index contributed by atoms with van der Waals surface area (Å²) in [6.45, 7) is 6.05. The molecular formula is C13H20N4. The number of aromatic nitrogens is 3. The van der Waals surface area contributed by atoms with Crippen LogP contribution in [0, 0.1) is 5.92 Å². The Morgan fingerprint density at radius 1 is 1.47 bits per heavy atom. The number of hydrogen-bond donors (Lipinski definition) is 1. The van der Waals surface area contributed by atoms with Gasteiger partial charge in [0.15, 0.2) is 0 Å². The van der Waals surface area contributed by atoms with Gasteiger partial charge in [-0.1, -0.05) is 13.8 Å². The highest BCUT2D eigenvalue weighted by atomic mass is 15.1. The third-order valence-corrected chi connectivity index (χ3v) is 3.01. The van der Waals surface area contributed by atoms with Gasteiger partial charge < -0.3 is 10.3 Å². The number of imidazole rings is 1. The maximum Gasteiger partial charge on any atom is 0.110 e. The molecule has 2 N–H and O–H groups in total. The van der Waals surface area contributed by atoms with Gasteiger partial charge in [0.05, 0.1) is 11.7 Å². The van der Waals surface area contributed by atoms with Crippen molar-refractivity contribution in [1.82, 2.24) is 14.5 Å². The molecule has 0 radical (unpaired) electrons. The van der Waals surface area contributed by atoms with Crippen LogP contribution in [0.5, 0.6) is 0 Å². The number of aryl methyl sites for hydroxylation is 1. The van der Waals surface area contributed by atoms with Crippen LogP contribution in [0.4, 0.5) is 0 Å². The smallest absolute Gasteiger partial charge is 0.110 e. The van der Waals surface area contributed by atoms with Crippen molar-refractivity contribution in [2.24, 2.45) is 11.7 Å². The largest absolute Gasteiger partial charge is 0.330 e. The SMILES string of the molecule is CCCn1c(CC(C)CN)nc2cnccc21. The zero-order valence-electron chi connectivity index (χ0n) is 10.6. The van der Waals surface area contributed by atoms with Crippen molar-refractivity contribution in [3.8, 4) is 0 Å². The van der Waals surface area contributed by atoms with Gasteiger partial charge >= 0.3 is 0 Å². The number of nitrogens with two attached hydrogens (primary N) is 1. The lowest BCUT2D eigenvalue weighted by Crippen LogP contribution is -2.16. The number of hydrogen-bond acceptors (Lipinski definition) is 3. The van der Waals surface area contributed by atoms with Crippen LogP contribution in [0.1, 0.15) is 26.1 Å². The Morgan fingerprint density at radius 2 is 2.29 bits per heavy atom. The van der Waals surface area contributed by atoms with E-state index in [9.17, 15) is 0 Å². The van der Waals surface area contributed by atoms with Gasteiger partial charge in [0.1, 0.15) is 11.3 Å². The van der Waals surface area contributed by atoms with E-state index in [1.165, 1.54) is 5.52 Å². The van der Waals surface area contributed by atoms with Crippen LogP contribution in [0.25, 0.3) is 11.0 Å². The van der Waals surface area contributed by atoms with Gasteiger partial charge in [-0.2, -0.15) is 0 Å². The molecule has 0 saturated carbocycles. The van der Waals surface area contributed by atoms with E-state index in [2.05, 4.69) is 28.4 Å². The van der Waals surface area contributed by atoms with Crippen molar-refractivity contribution < 1.29 is 0 Å². The molecule has 2 aromatic heterocycles. The molecular weight excluding hydrogens is 212 g/mol. The van der Waals surface area contributed by atoms with E-state index < -0.39 is 0 Å². The van der Waals surface area contributed by atoms with Gasteiger partial charge in [0.2, 0.25) is 0 Å². The van der Waals surface area contributed by atoms with Crippen molar-refractivity contribution in [1.29, 1.82) is 0 Å². The Hall–Kier alpha value is -1.42. The van der Waals surface area contributed by atoms with Crippen molar-refractivity contribution in [2.45, 2.75) is 33.2 Å². The van der Waals surface area contributed by atoms with Gasteiger partial charge in [0.25, 0.3) is 0 Å². The van der Waals surface area contributed by atoms with E-state index >= 15 is 0 Å². The molecule has 0 saturated heterocycles. The summed E-state index contributed by atoms with van der Waals surface area (Å²) in [5, 5.41) is 0. The van der Waals surface area contributed by atoms with Crippen LogP contribution in [0.3, 0.4) is 0 Å². The third kappa shape index (κ3) is 2.47. The van der Waals surface area contributed by atoms with Gasteiger partial charge in [-0.15, -0.1) is 0 Å². The Kier molecular flexibility index (Phi) is 3.74. The van der Waals surface area contributed by atoms with E-state index in [-0.39, 0.29) is 0 Å². The lowest BCUT2D eigenvalue weighted by Gasteiger charge is -2.11. The molecule has 0 fully saturated rings. The van der Waals surface area contributed by atoms with Crippen molar-refractivity contribution in [3.05, 3.63) is 24.3 Å². The molecule has 0 spiro atoms. The van der Waals surface area contributed by atoms with E-state index in [1.54, 1.807) is 0 Å². The Morgan fingerprint density at radius 3 is 3.00 bits per heavy atom. The van der Waals surface area contributed by atoms with Crippen LogP contribution >= 0.6 is 0 Å². The van der Waals surface area contributed by atoms with Crippen LogP contribution in [0.15, 0.2) is 18.5 Å². The molecule has 4 heteroatoms. The molecule has 92 valence electrons. The molecule has 0 amide bonds. The van der Waals surface area contributed by atoms with Gasteiger partial charge in [-0.3, -0.25) is 4.98 Å². The molecule has 0 aromatic carbocycles. The summed E-state index contributed by atoms with van der Waals surface area (Å²) in [5.41, 5.74) is 7.86. The fourth-order valence-electron chi connectivity index (χ4n) is 2.06. The summed E-state index contributed by atoms with van der Waals surface area (Å²) in [6, 6.07) is 2.04. The fourth-order valence-corrected chi connectivity index (χ4v) is 2.06. The average Bonchev–Trinajstić information content (AvgIpc) is 2.68. The molecule has 2 aromatic rings. The Bertz CT molecular complexity index is 489. The molecule has 2 rings (SSSR count). The van der Waals surface area contributed by atoms with Crippen molar-refractivity contribution in [2.75, 3.05) is 6.54 Å². The summed E-state index contributed by atoms with van der Waals surface area (Å²) in [7, 11) is 0. The van der Waals surface area contributed by atoms with Crippen LogP contribution < -0.4 is 5.73 Å². The second-order valence-corrected chi connectivity index (χ2v) is 4.59. The summed E-state index contributed by atoms with van der Waals surface area (Å²) in [6.07, 6.45) is 5.70. The Balaban J connectivity index is 2.42. The highest BCUT2D eigenvalue weighted by molar-refractivity contribution is 5.74. The third-order valence-electron chi connectivity index (χ3n) is 3.01. The molecule has 0 aliphatic carbocycles. The maximum absolute atomic E-state index is 5.69. The molecule has 4 nitrogen and oxygen atoms in total. The maximum atomic E-state index is 5.69. The highest BCUT2D eigenvalue weighted by Gasteiger charge is 2.12. The van der Waals surface area contributed by atoms with Gasteiger partial charge in [0, 0.05) is 19.2 Å². The standard InChI is InChI=1S/C13H20N4/c1-3-6-17-12-4-5-15-9-11(12)16-13(17)7-10(2)8-14/h4-5,9-10H,3,6-8,14H2,1-2H3. The van der Waals surface area contributed by atoms with Gasteiger partial charge in [-0.05, 0) is 24.9 Å². The minimum atomic E-state index is 0.468. The normalized spacial score (nSPS) is 13.1. The second kappa shape index (κ2) is 5.27. The van der Waals surface area contributed by atoms with Crippen molar-refractivity contribution >= 4 is 11.0 Å². The number of pyridine rings is 1. The molecule has 2 heterocycles. The first-order valence-electron chi connectivity index (χ1n) is 6.25. The van der Waals surface area contributed by atoms with E-state index in [4.69, 9.17) is 5.73 Å². The van der Waals surface area contributed by atoms with E-state index in [1.807, 2.05) is 18.5 Å². The number of fused-ring (bicyclic) bond motifs is 1. The van der Waals surface area contributed by atoms with Crippen LogP contribution in [0.2, 0.25) is 0 Å². The molecule has 17 heavy (non-hydrogen) atoms. The van der Waals surface area contributed by atoms with Crippen LogP contribution in [-0.2, 0) is 13.0 Å².